The van der Waals surface area contributed by atoms with Crippen LogP contribution in [0.1, 0.15) is 23.6 Å². The number of fused-ring (bicyclic) bond motifs is 1. The molecule has 0 aliphatic carbocycles. The van der Waals surface area contributed by atoms with Crippen molar-refractivity contribution < 1.29 is 13.9 Å². The van der Waals surface area contributed by atoms with E-state index >= 15 is 0 Å². The molecule has 0 fully saturated rings. The fourth-order valence-corrected chi connectivity index (χ4v) is 2.68. The number of nitrogens with one attached hydrogen (secondary N) is 2. The van der Waals surface area contributed by atoms with Crippen LogP contribution in [0, 0.1) is 12.7 Å². The fraction of sp³-hybridized carbons (Fsp3) is 0.278. The number of carbonyl (C=O) groups is 1. The van der Waals surface area contributed by atoms with E-state index in [2.05, 4.69) is 10.6 Å². The van der Waals surface area contributed by atoms with Crippen molar-refractivity contribution in [2.75, 3.05) is 18.5 Å². The van der Waals surface area contributed by atoms with Crippen LogP contribution in [-0.4, -0.2) is 19.1 Å². The van der Waals surface area contributed by atoms with Gasteiger partial charge in [0, 0.05) is 12.0 Å². The SMILES string of the molecule is Cc1ccc(NCC(=O)NC2CCOc3ccccc32)c(F)c1. The van der Waals surface area contributed by atoms with E-state index in [9.17, 15) is 9.18 Å². The van der Waals surface area contributed by atoms with Crippen LogP contribution < -0.4 is 15.4 Å². The number of amides is 1. The van der Waals surface area contributed by atoms with E-state index in [4.69, 9.17) is 4.74 Å². The first-order valence-corrected chi connectivity index (χ1v) is 7.64. The van der Waals surface area contributed by atoms with Gasteiger partial charge >= 0.3 is 0 Å². The number of carbonyl (C=O) groups excluding carboxylic acids is 1. The van der Waals surface area contributed by atoms with Crippen molar-refractivity contribution in [3.8, 4) is 5.75 Å². The number of ether oxygens (including phenoxy) is 1. The summed E-state index contributed by atoms with van der Waals surface area (Å²) in [6.07, 6.45) is 0.724. The van der Waals surface area contributed by atoms with Crippen molar-refractivity contribution in [2.45, 2.75) is 19.4 Å². The van der Waals surface area contributed by atoms with Gasteiger partial charge in [0.15, 0.2) is 0 Å². The quantitative estimate of drug-likeness (QED) is 0.911. The van der Waals surface area contributed by atoms with Gasteiger partial charge in [-0.1, -0.05) is 24.3 Å². The predicted molar refractivity (Wildman–Crippen MR) is 87.1 cm³/mol. The van der Waals surface area contributed by atoms with Crippen LogP contribution in [0.2, 0.25) is 0 Å². The zero-order valence-electron chi connectivity index (χ0n) is 12.9. The van der Waals surface area contributed by atoms with E-state index in [0.717, 1.165) is 23.3 Å². The smallest absolute Gasteiger partial charge is 0.239 e. The average Bonchev–Trinajstić information content (AvgIpc) is 2.54. The van der Waals surface area contributed by atoms with Gasteiger partial charge in [-0.15, -0.1) is 0 Å². The lowest BCUT2D eigenvalue weighted by Crippen LogP contribution is -2.35. The lowest BCUT2D eigenvalue weighted by atomic mass is 10.0. The summed E-state index contributed by atoms with van der Waals surface area (Å²) in [5.41, 5.74) is 2.16. The van der Waals surface area contributed by atoms with Crippen molar-refractivity contribution in [3.05, 3.63) is 59.4 Å². The van der Waals surface area contributed by atoms with Gasteiger partial charge in [-0.3, -0.25) is 4.79 Å². The summed E-state index contributed by atoms with van der Waals surface area (Å²) in [6.45, 7) is 2.42. The van der Waals surface area contributed by atoms with E-state index in [1.165, 1.54) is 6.07 Å². The number of anilines is 1. The van der Waals surface area contributed by atoms with Crippen LogP contribution in [-0.2, 0) is 4.79 Å². The second kappa shape index (κ2) is 6.69. The molecule has 0 spiro atoms. The Morgan fingerprint density at radius 3 is 2.96 bits per heavy atom. The van der Waals surface area contributed by atoms with Gasteiger partial charge in [0.25, 0.3) is 0 Å². The van der Waals surface area contributed by atoms with Gasteiger partial charge in [0.2, 0.25) is 5.91 Å². The highest BCUT2D eigenvalue weighted by Gasteiger charge is 2.22. The number of benzene rings is 2. The maximum atomic E-state index is 13.7. The molecule has 0 radical (unpaired) electrons. The molecule has 23 heavy (non-hydrogen) atoms. The highest BCUT2D eigenvalue weighted by atomic mass is 19.1. The molecule has 3 rings (SSSR count). The number of hydrogen-bond donors (Lipinski definition) is 2. The van der Waals surface area contributed by atoms with Crippen LogP contribution in [0.15, 0.2) is 42.5 Å². The normalized spacial score (nSPS) is 16.2. The zero-order chi connectivity index (χ0) is 16.2. The minimum atomic E-state index is -0.353. The monoisotopic (exact) mass is 314 g/mol. The third-order valence-electron chi connectivity index (χ3n) is 3.86. The van der Waals surface area contributed by atoms with Gasteiger partial charge in [-0.05, 0) is 30.7 Å². The van der Waals surface area contributed by atoms with E-state index in [-0.39, 0.29) is 24.3 Å². The minimum Gasteiger partial charge on any atom is -0.493 e. The van der Waals surface area contributed by atoms with Gasteiger partial charge in [-0.25, -0.2) is 4.39 Å². The largest absolute Gasteiger partial charge is 0.493 e. The molecule has 2 N–H and O–H groups in total. The summed E-state index contributed by atoms with van der Waals surface area (Å²) < 4.78 is 19.3. The van der Waals surface area contributed by atoms with Crippen LogP contribution in [0.4, 0.5) is 10.1 Å². The summed E-state index contributed by atoms with van der Waals surface area (Å²) in [5.74, 6) is 0.280. The molecule has 4 nitrogen and oxygen atoms in total. The number of hydrogen-bond acceptors (Lipinski definition) is 3. The number of para-hydroxylation sites is 1. The molecule has 0 bridgehead atoms. The molecule has 0 aromatic heterocycles. The second-order valence-electron chi connectivity index (χ2n) is 5.63. The number of aryl methyl sites for hydroxylation is 1. The Hall–Kier alpha value is -2.56. The van der Waals surface area contributed by atoms with E-state index in [1.807, 2.05) is 31.2 Å². The third kappa shape index (κ3) is 3.62. The van der Waals surface area contributed by atoms with Gasteiger partial charge in [0.05, 0.1) is 24.9 Å². The predicted octanol–water partition coefficient (Wildman–Crippen LogP) is 3.19. The molecule has 0 saturated carbocycles. The molecular formula is C18H19FN2O2. The molecule has 1 heterocycles. The van der Waals surface area contributed by atoms with Crippen molar-refractivity contribution in [3.63, 3.8) is 0 Å². The molecule has 0 saturated heterocycles. The van der Waals surface area contributed by atoms with Crippen LogP contribution >= 0.6 is 0 Å². The third-order valence-corrected chi connectivity index (χ3v) is 3.86. The maximum absolute atomic E-state index is 13.7. The first-order chi connectivity index (χ1) is 11.1. The van der Waals surface area contributed by atoms with Crippen LogP contribution in [0.5, 0.6) is 5.75 Å². The molecule has 1 aliphatic heterocycles. The van der Waals surface area contributed by atoms with Gasteiger partial charge in [-0.2, -0.15) is 0 Å². The molecule has 5 heteroatoms. The Balaban J connectivity index is 1.60. The molecule has 1 aliphatic rings. The maximum Gasteiger partial charge on any atom is 0.239 e. The minimum absolute atomic E-state index is 0.0273. The van der Waals surface area contributed by atoms with Crippen molar-refractivity contribution >= 4 is 11.6 Å². The molecule has 120 valence electrons. The van der Waals surface area contributed by atoms with Crippen molar-refractivity contribution in [1.82, 2.24) is 5.32 Å². The van der Waals surface area contributed by atoms with E-state index in [1.54, 1.807) is 12.1 Å². The Morgan fingerprint density at radius 2 is 2.13 bits per heavy atom. The summed E-state index contributed by atoms with van der Waals surface area (Å²) in [5, 5.41) is 5.81. The molecule has 1 amide bonds. The first kappa shape index (κ1) is 15.3. The average molecular weight is 314 g/mol. The summed E-state index contributed by atoms with van der Waals surface area (Å²) in [4.78, 5) is 12.1. The Labute approximate surface area is 134 Å². The summed E-state index contributed by atoms with van der Waals surface area (Å²) in [7, 11) is 0. The Bertz CT molecular complexity index is 718. The highest BCUT2D eigenvalue weighted by Crippen LogP contribution is 2.31. The molecule has 1 unspecified atom stereocenters. The highest BCUT2D eigenvalue weighted by molar-refractivity contribution is 5.81. The van der Waals surface area contributed by atoms with Gasteiger partial charge < -0.3 is 15.4 Å². The van der Waals surface area contributed by atoms with Gasteiger partial charge in [0.1, 0.15) is 11.6 Å². The lowest BCUT2D eigenvalue weighted by Gasteiger charge is -2.26. The summed E-state index contributed by atoms with van der Waals surface area (Å²) >= 11 is 0. The second-order valence-corrected chi connectivity index (χ2v) is 5.63. The Kier molecular flexibility index (Phi) is 4.46. The van der Waals surface area contributed by atoms with Crippen molar-refractivity contribution in [2.24, 2.45) is 0 Å². The summed E-state index contributed by atoms with van der Waals surface area (Å²) in [6, 6.07) is 12.5. The lowest BCUT2D eigenvalue weighted by molar-refractivity contribution is -0.120. The van der Waals surface area contributed by atoms with Crippen LogP contribution in [0.3, 0.4) is 0 Å². The molecular weight excluding hydrogens is 295 g/mol. The number of rotatable bonds is 4. The zero-order valence-corrected chi connectivity index (χ0v) is 12.9. The van der Waals surface area contributed by atoms with E-state index < -0.39 is 0 Å². The number of halogens is 1. The van der Waals surface area contributed by atoms with E-state index in [0.29, 0.717) is 12.3 Å². The van der Waals surface area contributed by atoms with Crippen molar-refractivity contribution in [1.29, 1.82) is 0 Å². The standard InChI is InChI=1S/C18H19FN2O2/c1-12-6-7-16(14(19)10-12)20-11-18(22)21-15-8-9-23-17-5-3-2-4-13(15)17/h2-7,10,15,20H,8-9,11H2,1H3,(H,21,22). The first-order valence-electron chi connectivity index (χ1n) is 7.64. The molecule has 1 atom stereocenters. The Morgan fingerprint density at radius 1 is 1.30 bits per heavy atom. The molecule has 2 aromatic carbocycles. The molecule has 2 aromatic rings. The van der Waals surface area contributed by atoms with Crippen LogP contribution in [0.25, 0.3) is 0 Å². The topological polar surface area (TPSA) is 50.4 Å². The fourth-order valence-electron chi connectivity index (χ4n) is 2.68.